The first-order chi connectivity index (χ1) is 19.8. The lowest BCUT2D eigenvalue weighted by Crippen LogP contribution is -2.25. The molecule has 5 atom stereocenters. The molecule has 0 fully saturated rings. The van der Waals surface area contributed by atoms with E-state index in [0.29, 0.717) is 31.3 Å². The fraction of sp³-hybridized carbons (Fsp3) is 0.914. The quantitative estimate of drug-likeness (QED) is 0.0525. The van der Waals surface area contributed by atoms with Crippen molar-refractivity contribution in [1.29, 1.82) is 0 Å². The Morgan fingerprint density at radius 3 is 1.37 bits per heavy atom. The standard InChI is InChI=1S/C35H66O6/c1-3-4-5-6-7-8-9-10-11-12-13-20-25-33(38)34(39)26-21-15-14-17-22-31(36)23-18-16-19-24-32(37)28-30-27-29(2)41-35(30)40/h27,29,31-34,36-39H,3-26,28H2,1-2H3. The fourth-order valence-corrected chi connectivity index (χ4v) is 5.88. The first kappa shape index (κ1) is 38.1. The number of rotatable bonds is 29. The predicted molar refractivity (Wildman–Crippen MR) is 169 cm³/mol. The van der Waals surface area contributed by atoms with E-state index in [2.05, 4.69) is 6.92 Å². The maximum absolute atomic E-state index is 11.6. The summed E-state index contributed by atoms with van der Waals surface area (Å²) in [4.78, 5) is 11.6. The Labute approximate surface area is 252 Å². The average Bonchev–Trinajstić information content (AvgIpc) is 3.26. The molecule has 0 saturated heterocycles. The summed E-state index contributed by atoms with van der Waals surface area (Å²) < 4.78 is 5.06. The number of hydrogen-bond donors (Lipinski definition) is 4. The van der Waals surface area contributed by atoms with Gasteiger partial charge in [-0.3, -0.25) is 0 Å². The number of carbonyl (C=O) groups is 1. The zero-order valence-electron chi connectivity index (χ0n) is 26.7. The minimum atomic E-state index is -0.612. The van der Waals surface area contributed by atoms with Crippen LogP contribution in [0.25, 0.3) is 0 Å². The Kier molecular flexibility index (Phi) is 23.7. The molecule has 0 aromatic heterocycles. The number of hydrogen-bond acceptors (Lipinski definition) is 6. The van der Waals surface area contributed by atoms with Gasteiger partial charge in [-0.25, -0.2) is 4.79 Å². The summed E-state index contributed by atoms with van der Waals surface area (Å²) in [6, 6.07) is 0. The molecule has 6 nitrogen and oxygen atoms in total. The minimum Gasteiger partial charge on any atom is -0.455 e. The molecule has 0 radical (unpaired) electrons. The molecule has 1 aliphatic heterocycles. The van der Waals surface area contributed by atoms with Crippen LogP contribution in [-0.2, 0) is 9.53 Å². The summed E-state index contributed by atoms with van der Waals surface area (Å²) in [7, 11) is 0. The van der Waals surface area contributed by atoms with Gasteiger partial charge in [-0.1, -0.05) is 129 Å². The van der Waals surface area contributed by atoms with Crippen LogP contribution in [0.1, 0.15) is 174 Å². The lowest BCUT2D eigenvalue weighted by atomic mass is 9.98. The van der Waals surface area contributed by atoms with E-state index in [-0.39, 0.29) is 18.2 Å². The largest absolute Gasteiger partial charge is 0.455 e. The average molecular weight is 583 g/mol. The molecule has 0 aromatic rings. The van der Waals surface area contributed by atoms with Crippen molar-refractivity contribution in [2.45, 2.75) is 205 Å². The molecular weight excluding hydrogens is 516 g/mol. The van der Waals surface area contributed by atoms with Crippen LogP contribution in [0.5, 0.6) is 0 Å². The molecule has 5 unspecified atom stereocenters. The van der Waals surface area contributed by atoms with Gasteiger partial charge in [0.2, 0.25) is 0 Å². The van der Waals surface area contributed by atoms with Crippen LogP contribution in [0.2, 0.25) is 0 Å². The Morgan fingerprint density at radius 1 is 0.585 bits per heavy atom. The van der Waals surface area contributed by atoms with Crippen LogP contribution in [0, 0.1) is 0 Å². The van der Waals surface area contributed by atoms with Gasteiger partial charge in [0, 0.05) is 12.0 Å². The maximum atomic E-state index is 11.6. The van der Waals surface area contributed by atoms with Gasteiger partial charge in [-0.05, 0) is 45.1 Å². The van der Waals surface area contributed by atoms with E-state index < -0.39 is 18.3 Å². The van der Waals surface area contributed by atoms with Gasteiger partial charge in [-0.2, -0.15) is 0 Å². The van der Waals surface area contributed by atoms with Crippen molar-refractivity contribution in [1.82, 2.24) is 0 Å². The summed E-state index contributed by atoms with van der Waals surface area (Å²) in [5, 5.41) is 41.0. The number of aliphatic hydroxyl groups is 4. The van der Waals surface area contributed by atoms with E-state index in [1.54, 1.807) is 6.08 Å². The van der Waals surface area contributed by atoms with E-state index >= 15 is 0 Å². The molecule has 0 aliphatic carbocycles. The monoisotopic (exact) mass is 582 g/mol. The highest BCUT2D eigenvalue weighted by Gasteiger charge is 2.24. The number of ether oxygens (including phenoxy) is 1. The lowest BCUT2D eigenvalue weighted by Gasteiger charge is -2.17. The van der Waals surface area contributed by atoms with Crippen molar-refractivity contribution in [3.05, 3.63) is 11.6 Å². The molecule has 4 N–H and O–H groups in total. The second-order valence-electron chi connectivity index (χ2n) is 12.8. The third kappa shape index (κ3) is 21.4. The fourth-order valence-electron chi connectivity index (χ4n) is 5.88. The highest BCUT2D eigenvalue weighted by atomic mass is 16.5. The van der Waals surface area contributed by atoms with Crippen molar-refractivity contribution in [3.63, 3.8) is 0 Å². The Morgan fingerprint density at radius 2 is 0.951 bits per heavy atom. The van der Waals surface area contributed by atoms with Crippen molar-refractivity contribution < 1.29 is 30.0 Å². The molecule has 1 rings (SSSR count). The zero-order valence-corrected chi connectivity index (χ0v) is 26.7. The van der Waals surface area contributed by atoms with Crippen LogP contribution in [0.3, 0.4) is 0 Å². The molecule has 0 aromatic carbocycles. The van der Waals surface area contributed by atoms with Crippen LogP contribution in [-0.4, -0.2) is 56.9 Å². The first-order valence-corrected chi connectivity index (χ1v) is 17.5. The highest BCUT2D eigenvalue weighted by Crippen LogP contribution is 2.21. The predicted octanol–water partition coefficient (Wildman–Crippen LogP) is 8.07. The zero-order chi connectivity index (χ0) is 30.1. The van der Waals surface area contributed by atoms with Gasteiger partial charge >= 0.3 is 5.97 Å². The number of aliphatic hydroxyl groups excluding tert-OH is 4. The second kappa shape index (κ2) is 25.5. The summed E-state index contributed by atoms with van der Waals surface area (Å²) in [6.45, 7) is 4.08. The van der Waals surface area contributed by atoms with Crippen molar-refractivity contribution in [3.8, 4) is 0 Å². The van der Waals surface area contributed by atoms with Gasteiger partial charge in [0.05, 0.1) is 24.4 Å². The van der Waals surface area contributed by atoms with Gasteiger partial charge in [0.25, 0.3) is 0 Å². The van der Waals surface area contributed by atoms with Gasteiger partial charge in [-0.15, -0.1) is 0 Å². The molecule has 41 heavy (non-hydrogen) atoms. The number of carbonyl (C=O) groups excluding carboxylic acids is 1. The third-order valence-corrected chi connectivity index (χ3v) is 8.61. The SMILES string of the molecule is CCCCCCCCCCCCCCC(O)C(O)CCCCCCC(O)CCCCCC(O)CC1=CC(C)OC1=O. The van der Waals surface area contributed by atoms with Crippen molar-refractivity contribution in [2.24, 2.45) is 0 Å². The number of esters is 1. The van der Waals surface area contributed by atoms with Gasteiger partial charge < -0.3 is 25.2 Å². The second-order valence-corrected chi connectivity index (χ2v) is 12.8. The topological polar surface area (TPSA) is 107 Å². The van der Waals surface area contributed by atoms with E-state index in [9.17, 15) is 25.2 Å². The van der Waals surface area contributed by atoms with Crippen molar-refractivity contribution >= 4 is 5.97 Å². The van der Waals surface area contributed by atoms with Crippen LogP contribution >= 0.6 is 0 Å². The maximum Gasteiger partial charge on any atom is 0.334 e. The summed E-state index contributed by atoms with van der Waals surface area (Å²) in [6.07, 6.45) is 26.0. The smallest absolute Gasteiger partial charge is 0.334 e. The van der Waals surface area contributed by atoms with Crippen LogP contribution in [0.15, 0.2) is 11.6 Å². The molecular formula is C35H66O6. The highest BCUT2D eigenvalue weighted by molar-refractivity contribution is 5.90. The van der Waals surface area contributed by atoms with Crippen LogP contribution < -0.4 is 0 Å². The molecule has 242 valence electrons. The molecule has 0 saturated carbocycles. The summed E-state index contributed by atoms with van der Waals surface area (Å²) in [5.74, 6) is -0.307. The lowest BCUT2D eigenvalue weighted by molar-refractivity contribution is -0.139. The third-order valence-electron chi connectivity index (χ3n) is 8.61. The summed E-state index contributed by atoms with van der Waals surface area (Å²) >= 11 is 0. The van der Waals surface area contributed by atoms with E-state index in [0.717, 1.165) is 70.6 Å². The molecule has 0 amide bonds. The molecule has 1 aliphatic rings. The Balaban J connectivity index is 1.87. The van der Waals surface area contributed by atoms with Crippen LogP contribution in [0.4, 0.5) is 0 Å². The normalized spacial score (nSPS) is 18.2. The molecule has 0 bridgehead atoms. The Bertz CT molecular complexity index is 651. The molecule has 0 spiro atoms. The number of unbranched alkanes of at least 4 members (excludes halogenated alkanes) is 16. The van der Waals surface area contributed by atoms with E-state index in [1.807, 2.05) is 6.92 Å². The summed E-state index contributed by atoms with van der Waals surface area (Å²) in [5.41, 5.74) is 0.584. The minimum absolute atomic E-state index is 0.190. The first-order valence-electron chi connectivity index (χ1n) is 17.5. The van der Waals surface area contributed by atoms with E-state index in [1.165, 1.54) is 64.2 Å². The molecule has 6 heteroatoms. The Hall–Kier alpha value is -0.950. The van der Waals surface area contributed by atoms with E-state index in [4.69, 9.17) is 4.74 Å². The van der Waals surface area contributed by atoms with Crippen molar-refractivity contribution in [2.75, 3.05) is 0 Å². The number of cyclic esters (lactones) is 1. The van der Waals surface area contributed by atoms with Gasteiger partial charge in [0.1, 0.15) is 6.10 Å². The van der Waals surface area contributed by atoms with Gasteiger partial charge in [0.15, 0.2) is 0 Å². The molecule has 1 heterocycles.